The minimum absolute atomic E-state index is 0.347. The molecule has 1 aromatic carbocycles. The summed E-state index contributed by atoms with van der Waals surface area (Å²) in [4.78, 5) is 0. The zero-order valence-electron chi connectivity index (χ0n) is 11.8. The van der Waals surface area contributed by atoms with Gasteiger partial charge in [0.05, 0.1) is 0 Å². The Balaban J connectivity index is 2.29. The van der Waals surface area contributed by atoms with Gasteiger partial charge in [-0.15, -0.1) is 0 Å². The highest BCUT2D eigenvalue weighted by molar-refractivity contribution is 5.39. The first-order valence-corrected chi connectivity index (χ1v) is 7.48. The average molecular weight is 246 g/mol. The van der Waals surface area contributed by atoms with E-state index >= 15 is 0 Å². The number of benzene rings is 1. The molecule has 0 bridgehead atoms. The molecule has 0 saturated heterocycles. The maximum atomic E-state index is 9.97. The molecular formula is C17H26O. The lowest BCUT2D eigenvalue weighted by atomic mass is 9.66. The second-order valence-corrected chi connectivity index (χ2v) is 5.95. The quantitative estimate of drug-likeness (QED) is 0.784. The van der Waals surface area contributed by atoms with Crippen LogP contribution < -0.4 is 0 Å². The Hall–Kier alpha value is -0.980. The zero-order chi connectivity index (χ0) is 13.0. The van der Waals surface area contributed by atoms with E-state index in [9.17, 15) is 5.11 Å². The molecule has 1 N–H and O–H groups in total. The first-order valence-electron chi connectivity index (χ1n) is 7.48. The highest BCUT2D eigenvalue weighted by atomic mass is 16.3. The summed E-state index contributed by atoms with van der Waals surface area (Å²) in [5, 5.41) is 9.97. The van der Waals surface area contributed by atoms with E-state index in [1.807, 2.05) is 13.0 Å². The van der Waals surface area contributed by atoms with Crippen molar-refractivity contribution in [1.29, 1.82) is 0 Å². The summed E-state index contributed by atoms with van der Waals surface area (Å²) in [7, 11) is 0. The smallest absolute Gasteiger partial charge is 0.118 e. The maximum absolute atomic E-state index is 9.97. The van der Waals surface area contributed by atoms with Gasteiger partial charge in [0.15, 0.2) is 0 Å². The summed E-state index contributed by atoms with van der Waals surface area (Å²) in [6.07, 6.45) is 10.5. The maximum Gasteiger partial charge on any atom is 0.118 e. The summed E-state index contributed by atoms with van der Waals surface area (Å²) in [6.45, 7) is 4.24. The number of aryl methyl sites for hydroxylation is 1. The van der Waals surface area contributed by atoms with Crippen LogP contribution in [0, 0.1) is 6.92 Å². The molecule has 1 nitrogen and oxygen atoms in total. The Bertz CT molecular complexity index is 389. The van der Waals surface area contributed by atoms with Crippen LogP contribution in [0.4, 0.5) is 0 Å². The lowest BCUT2D eigenvalue weighted by Gasteiger charge is -2.38. The Morgan fingerprint density at radius 3 is 2.50 bits per heavy atom. The molecule has 1 saturated carbocycles. The Kier molecular flexibility index (Phi) is 4.31. The van der Waals surface area contributed by atoms with Crippen molar-refractivity contribution in [2.45, 2.75) is 70.6 Å². The first kappa shape index (κ1) is 13.5. The van der Waals surface area contributed by atoms with Crippen molar-refractivity contribution in [1.82, 2.24) is 0 Å². The highest BCUT2D eigenvalue weighted by Gasteiger charge is 2.33. The summed E-state index contributed by atoms with van der Waals surface area (Å²) in [5.74, 6) is 0.467. The normalized spacial score (nSPS) is 18.8. The van der Waals surface area contributed by atoms with Crippen molar-refractivity contribution in [2.24, 2.45) is 0 Å². The molecule has 18 heavy (non-hydrogen) atoms. The molecule has 1 heteroatoms. The number of phenolic OH excluding ortho intramolecular Hbond substituents is 1. The van der Waals surface area contributed by atoms with E-state index in [4.69, 9.17) is 0 Å². The van der Waals surface area contributed by atoms with Gasteiger partial charge in [-0.25, -0.2) is 0 Å². The number of hydrogen-bond donors (Lipinski definition) is 1. The van der Waals surface area contributed by atoms with Gasteiger partial charge >= 0.3 is 0 Å². The van der Waals surface area contributed by atoms with E-state index in [0.29, 0.717) is 11.2 Å². The van der Waals surface area contributed by atoms with E-state index in [2.05, 4.69) is 19.1 Å². The van der Waals surface area contributed by atoms with E-state index in [1.165, 1.54) is 56.9 Å². The number of aromatic hydroxyl groups is 1. The Labute approximate surface area is 111 Å². The molecule has 2 rings (SSSR count). The monoisotopic (exact) mass is 246 g/mol. The van der Waals surface area contributed by atoms with Gasteiger partial charge in [0.1, 0.15) is 5.75 Å². The van der Waals surface area contributed by atoms with Crippen LogP contribution in [0.15, 0.2) is 18.2 Å². The fourth-order valence-electron chi connectivity index (χ4n) is 3.37. The minimum atomic E-state index is 0.347. The van der Waals surface area contributed by atoms with Crippen molar-refractivity contribution in [3.05, 3.63) is 29.3 Å². The van der Waals surface area contributed by atoms with Gasteiger partial charge in [-0.3, -0.25) is 0 Å². The van der Waals surface area contributed by atoms with Gasteiger partial charge in [0, 0.05) is 0 Å². The van der Waals surface area contributed by atoms with E-state index in [0.717, 1.165) is 5.56 Å². The topological polar surface area (TPSA) is 20.2 Å². The van der Waals surface area contributed by atoms with Gasteiger partial charge in [0.25, 0.3) is 0 Å². The lowest BCUT2D eigenvalue weighted by molar-refractivity contribution is 0.266. The SMILES string of the molecule is CCCCC1(c2ccc(C)c(O)c2)CCCCC1. The van der Waals surface area contributed by atoms with Crippen molar-refractivity contribution >= 4 is 0 Å². The second-order valence-electron chi connectivity index (χ2n) is 5.95. The number of rotatable bonds is 4. The van der Waals surface area contributed by atoms with Crippen molar-refractivity contribution in [3.63, 3.8) is 0 Å². The van der Waals surface area contributed by atoms with Gasteiger partial charge < -0.3 is 5.11 Å². The van der Waals surface area contributed by atoms with Gasteiger partial charge in [-0.05, 0) is 48.8 Å². The van der Waals surface area contributed by atoms with Gasteiger partial charge in [-0.2, -0.15) is 0 Å². The number of hydrogen-bond acceptors (Lipinski definition) is 1. The molecule has 1 fully saturated rings. The molecule has 1 aliphatic rings. The molecule has 0 spiro atoms. The fourth-order valence-corrected chi connectivity index (χ4v) is 3.37. The molecule has 0 amide bonds. The van der Waals surface area contributed by atoms with Crippen LogP contribution >= 0.6 is 0 Å². The van der Waals surface area contributed by atoms with Crippen LogP contribution in [0.3, 0.4) is 0 Å². The third-order valence-electron chi connectivity index (χ3n) is 4.64. The largest absolute Gasteiger partial charge is 0.508 e. The number of unbranched alkanes of at least 4 members (excludes halogenated alkanes) is 1. The van der Waals surface area contributed by atoms with E-state index in [1.54, 1.807) is 0 Å². The van der Waals surface area contributed by atoms with Crippen molar-refractivity contribution in [3.8, 4) is 5.75 Å². The molecule has 0 radical (unpaired) electrons. The molecule has 1 aromatic rings. The Morgan fingerprint density at radius 1 is 1.17 bits per heavy atom. The molecule has 0 unspecified atom stereocenters. The number of phenols is 1. The summed E-state index contributed by atoms with van der Waals surface area (Å²) >= 11 is 0. The average Bonchev–Trinajstić information content (AvgIpc) is 2.40. The third-order valence-corrected chi connectivity index (χ3v) is 4.64. The molecule has 0 heterocycles. The van der Waals surface area contributed by atoms with Crippen LogP contribution in [-0.2, 0) is 5.41 Å². The molecule has 1 aliphatic carbocycles. The molecule has 0 atom stereocenters. The molecule has 0 aromatic heterocycles. The standard InChI is InChI=1S/C17H26O/c1-3-4-10-17(11-6-5-7-12-17)15-9-8-14(2)16(18)13-15/h8-9,13,18H,3-7,10-12H2,1-2H3. The van der Waals surface area contributed by atoms with E-state index in [-0.39, 0.29) is 0 Å². The summed E-state index contributed by atoms with van der Waals surface area (Å²) in [6, 6.07) is 6.35. The molecular weight excluding hydrogens is 220 g/mol. The van der Waals surface area contributed by atoms with Gasteiger partial charge in [-0.1, -0.05) is 51.2 Å². The second kappa shape index (κ2) is 5.77. The summed E-state index contributed by atoms with van der Waals surface area (Å²) in [5.41, 5.74) is 2.71. The van der Waals surface area contributed by atoms with Crippen LogP contribution in [0.5, 0.6) is 5.75 Å². The van der Waals surface area contributed by atoms with Crippen LogP contribution in [-0.4, -0.2) is 5.11 Å². The lowest BCUT2D eigenvalue weighted by Crippen LogP contribution is -2.29. The highest BCUT2D eigenvalue weighted by Crippen LogP contribution is 2.44. The molecule has 100 valence electrons. The fraction of sp³-hybridized carbons (Fsp3) is 0.647. The first-order chi connectivity index (χ1) is 8.68. The van der Waals surface area contributed by atoms with Crippen molar-refractivity contribution < 1.29 is 5.11 Å². The van der Waals surface area contributed by atoms with Crippen LogP contribution in [0.25, 0.3) is 0 Å². The van der Waals surface area contributed by atoms with Crippen LogP contribution in [0.2, 0.25) is 0 Å². The Morgan fingerprint density at radius 2 is 1.89 bits per heavy atom. The van der Waals surface area contributed by atoms with Crippen molar-refractivity contribution in [2.75, 3.05) is 0 Å². The summed E-state index contributed by atoms with van der Waals surface area (Å²) < 4.78 is 0. The third kappa shape index (κ3) is 2.71. The van der Waals surface area contributed by atoms with E-state index < -0.39 is 0 Å². The predicted molar refractivity (Wildman–Crippen MR) is 77.1 cm³/mol. The minimum Gasteiger partial charge on any atom is -0.508 e. The predicted octanol–water partition coefficient (Wildman–Crippen LogP) is 5.09. The van der Waals surface area contributed by atoms with Gasteiger partial charge in [0.2, 0.25) is 0 Å². The molecule has 0 aliphatic heterocycles. The zero-order valence-corrected chi connectivity index (χ0v) is 11.8. The van der Waals surface area contributed by atoms with Crippen LogP contribution in [0.1, 0.15) is 69.4 Å².